The second-order valence-electron chi connectivity index (χ2n) is 6.46. The normalized spacial score (nSPS) is 11.7. The minimum Gasteiger partial charge on any atom is -0.494 e. The number of nitrogens with zero attached hydrogens (tertiary/aromatic N) is 1. The molecule has 142 valence electrons. The van der Waals surface area contributed by atoms with Crippen molar-refractivity contribution in [1.29, 1.82) is 0 Å². The van der Waals surface area contributed by atoms with Crippen LogP contribution >= 0.6 is 0 Å². The molecule has 0 aliphatic rings. The number of hydrogen-bond acceptors (Lipinski definition) is 4. The van der Waals surface area contributed by atoms with Crippen molar-refractivity contribution in [3.8, 4) is 5.75 Å². The van der Waals surface area contributed by atoms with E-state index in [2.05, 4.69) is 9.62 Å². The van der Waals surface area contributed by atoms with Crippen LogP contribution in [0.1, 0.15) is 18.4 Å². The Balaban J connectivity index is 1.77. The lowest BCUT2D eigenvalue weighted by molar-refractivity contribution is 0.281. The zero-order valence-electron chi connectivity index (χ0n) is 15.5. The van der Waals surface area contributed by atoms with Crippen LogP contribution in [0.25, 0.3) is 0 Å². The van der Waals surface area contributed by atoms with Gasteiger partial charge in [0, 0.05) is 13.1 Å². The van der Waals surface area contributed by atoms with E-state index >= 15 is 0 Å². The van der Waals surface area contributed by atoms with Crippen LogP contribution in [0.15, 0.2) is 59.5 Å². The Hall–Kier alpha value is -1.89. The van der Waals surface area contributed by atoms with Crippen LogP contribution in [-0.4, -0.2) is 47.1 Å². The molecule has 26 heavy (non-hydrogen) atoms. The van der Waals surface area contributed by atoms with Gasteiger partial charge < -0.3 is 9.64 Å². The highest BCUT2D eigenvalue weighted by Gasteiger charge is 2.13. The van der Waals surface area contributed by atoms with Crippen LogP contribution in [-0.2, 0) is 16.4 Å². The van der Waals surface area contributed by atoms with E-state index in [4.69, 9.17) is 4.74 Å². The molecular weight excluding hydrogens is 348 g/mol. The van der Waals surface area contributed by atoms with Gasteiger partial charge in [-0.2, -0.15) is 0 Å². The number of rotatable bonds is 11. The number of hydrogen-bond donors (Lipinski definition) is 1. The summed E-state index contributed by atoms with van der Waals surface area (Å²) in [6.07, 6.45) is 2.54. The van der Waals surface area contributed by atoms with Crippen LogP contribution in [0.2, 0.25) is 0 Å². The second kappa shape index (κ2) is 10.3. The first-order valence-corrected chi connectivity index (χ1v) is 10.4. The van der Waals surface area contributed by atoms with Gasteiger partial charge in [-0.05, 0) is 63.2 Å². The van der Waals surface area contributed by atoms with E-state index in [-0.39, 0.29) is 4.90 Å². The van der Waals surface area contributed by atoms with Gasteiger partial charge in [0.25, 0.3) is 0 Å². The topological polar surface area (TPSA) is 58.6 Å². The zero-order valence-corrected chi connectivity index (χ0v) is 16.3. The van der Waals surface area contributed by atoms with Crippen molar-refractivity contribution < 1.29 is 13.2 Å². The molecule has 2 aromatic carbocycles. The van der Waals surface area contributed by atoms with E-state index in [0.29, 0.717) is 18.9 Å². The van der Waals surface area contributed by atoms with Crippen LogP contribution in [0.4, 0.5) is 0 Å². The van der Waals surface area contributed by atoms with Gasteiger partial charge in [0.1, 0.15) is 5.75 Å². The first-order valence-electron chi connectivity index (χ1n) is 8.88. The molecule has 0 radical (unpaired) electrons. The first kappa shape index (κ1) is 20.4. The van der Waals surface area contributed by atoms with Gasteiger partial charge in [-0.15, -0.1) is 0 Å². The molecule has 2 aromatic rings. The summed E-state index contributed by atoms with van der Waals surface area (Å²) >= 11 is 0. The average Bonchev–Trinajstić information content (AvgIpc) is 2.63. The van der Waals surface area contributed by atoms with Gasteiger partial charge in [-0.1, -0.05) is 30.3 Å². The molecule has 0 aromatic heterocycles. The Labute approximate surface area is 157 Å². The maximum atomic E-state index is 12.3. The Bertz CT molecular complexity index is 744. The van der Waals surface area contributed by atoms with Gasteiger partial charge in [-0.25, -0.2) is 13.1 Å². The fourth-order valence-electron chi connectivity index (χ4n) is 2.51. The fraction of sp³-hybridized carbons (Fsp3) is 0.400. The third-order valence-corrected chi connectivity index (χ3v) is 5.41. The highest BCUT2D eigenvalue weighted by Crippen LogP contribution is 2.16. The Morgan fingerprint density at radius 3 is 2.31 bits per heavy atom. The second-order valence-corrected chi connectivity index (χ2v) is 8.23. The third-order valence-electron chi connectivity index (χ3n) is 3.93. The summed E-state index contributed by atoms with van der Waals surface area (Å²) in [5.41, 5.74) is 1.21. The summed E-state index contributed by atoms with van der Waals surface area (Å²) in [7, 11) is 0.561. The molecule has 0 saturated heterocycles. The summed E-state index contributed by atoms with van der Waals surface area (Å²) in [5, 5.41) is 0. The number of aryl methyl sites for hydroxylation is 1. The van der Waals surface area contributed by atoms with Gasteiger partial charge >= 0.3 is 0 Å². The fourth-order valence-corrected chi connectivity index (χ4v) is 3.59. The van der Waals surface area contributed by atoms with E-state index in [0.717, 1.165) is 25.8 Å². The van der Waals surface area contributed by atoms with Crippen LogP contribution in [0.3, 0.4) is 0 Å². The molecule has 0 spiro atoms. The van der Waals surface area contributed by atoms with Crippen molar-refractivity contribution in [2.75, 3.05) is 33.8 Å². The molecule has 5 nitrogen and oxygen atoms in total. The average molecular weight is 377 g/mol. The quantitative estimate of drug-likeness (QED) is 0.613. The van der Waals surface area contributed by atoms with Crippen molar-refractivity contribution in [3.63, 3.8) is 0 Å². The molecule has 0 unspecified atom stereocenters. The number of ether oxygens (including phenoxy) is 1. The minimum atomic E-state index is -3.48. The van der Waals surface area contributed by atoms with Gasteiger partial charge in [0.2, 0.25) is 10.0 Å². The van der Waals surface area contributed by atoms with E-state index in [1.54, 1.807) is 24.3 Å². The monoisotopic (exact) mass is 376 g/mol. The molecule has 1 N–H and O–H groups in total. The molecule has 0 aliphatic heterocycles. The number of nitrogens with one attached hydrogen (secondary N) is 1. The molecule has 6 heteroatoms. The number of benzene rings is 2. The lowest BCUT2D eigenvalue weighted by Gasteiger charge is -2.11. The summed E-state index contributed by atoms with van der Waals surface area (Å²) in [4.78, 5) is 2.36. The SMILES string of the molecule is CN(C)CCCOc1ccc(S(=O)(=O)NCCCc2ccccc2)cc1. The smallest absolute Gasteiger partial charge is 0.240 e. The Kier molecular flexibility index (Phi) is 8.09. The summed E-state index contributed by atoms with van der Waals surface area (Å²) in [6, 6.07) is 16.6. The lowest BCUT2D eigenvalue weighted by atomic mass is 10.1. The van der Waals surface area contributed by atoms with Gasteiger partial charge in [0.15, 0.2) is 0 Å². The third kappa shape index (κ3) is 7.15. The van der Waals surface area contributed by atoms with E-state index < -0.39 is 10.0 Å². The van der Waals surface area contributed by atoms with Crippen molar-refractivity contribution in [2.24, 2.45) is 0 Å². The summed E-state index contributed by atoms with van der Waals surface area (Å²) in [6.45, 7) is 1.99. The predicted octanol–water partition coefficient (Wildman–Crippen LogP) is 2.93. The Morgan fingerprint density at radius 2 is 1.65 bits per heavy atom. The minimum absolute atomic E-state index is 0.262. The van der Waals surface area contributed by atoms with Crippen molar-refractivity contribution in [2.45, 2.75) is 24.2 Å². The van der Waals surface area contributed by atoms with Crippen LogP contribution in [0.5, 0.6) is 5.75 Å². The summed E-state index contributed by atoms with van der Waals surface area (Å²) < 4.78 is 33.0. The molecule has 0 heterocycles. The first-order chi connectivity index (χ1) is 12.5. The maximum absolute atomic E-state index is 12.3. The highest BCUT2D eigenvalue weighted by atomic mass is 32.2. The van der Waals surface area contributed by atoms with E-state index in [9.17, 15) is 8.42 Å². The molecule has 0 amide bonds. The zero-order chi connectivity index (χ0) is 18.8. The molecule has 0 atom stereocenters. The van der Waals surface area contributed by atoms with Crippen LogP contribution in [0, 0.1) is 0 Å². The summed E-state index contributed by atoms with van der Waals surface area (Å²) in [5.74, 6) is 0.687. The van der Waals surface area contributed by atoms with E-state index in [1.165, 1.54) is 5.56 Å². The van der Waals surface area contributed by atoms with Gasteiger partial charge in [0.05, 0.1) is 11.5 Å². The van der Waals surface area contributed by atoms with Crippen LogP contribution < -0.4 is 9.46 Å². The largest absolute Gasteiger partial charge is 0.494 e. The maximum Gasteiger partial charge on any atom is 0.240 e. The standard InChI is InChI=1S/C20H28N2O3S/c1-22(2)16-7-17-25-19-11-13-20(14-12-19)26(23,24)21-15-6-10-18-8-4-3-5-9-18/h3-5,8-9,11-14,21H,6-7,10,15-17H2,1-2H3. The number of sulfonamides is 1. The lowest BCUT2D eigenvalue weighted by Crippen LogP contribution is -2.25. The van der Waals surface area contributed by atoms with Crippen molar-refractivity contribution in [3.05, 3.63) is 60.2 Å². The van der Waals surface area contributed by atoms with Crippen molar-refractivity contribution >= 4 is 10.0 Å². The molecule has 0 bridgehead atoms. The van der Waals surface area contributed by atoms with Gasteiger partial charge in [-0.3, -0.25) is 0 Å². The molecule has 0 fully saturated rings. The molecule has 2 rings (SSSR count). The van der Waals surface area contributed by atoms with E-state index in [1.807, 2.05) is 44.4 Å². The highest BCUT2D eigenvalue weighted by molar-refractivity contribution is 7.89. The van der Waals surface area contributed by atoms with Crippen molar-refractivity contribution in [1.82, 2.24) is 9.62 Å². The molecule has 0 aliphatic carbocycles. The Morgan fingerprint density at radius 1 is 0.962 bits per heavy atom. The molecular formula is C20H28N2O3S. The predicted molar refractivity (Wildman–Crippen MR) is 105 cm³/mol. The molecule has 0 saturated carbocycles.